The summed E-state index contributed by atoms with van der Waals surface area (Å²) >= 11 is 0. The smallest absolute Gasteiger partial charge is 0.759 e. The average molecular weight is 668 g/mol. The summed E-state index contributed by atoms with van der Waals surface area (Å²) in [6, 6.07) is 0. The van der Waals surface area contributed by atoms with Crippen LogP contribution in [0.5, 0.6) is 0 Å². The molecule has 1 saturated heterocycles. The monoisotopic (exact) mass is 668 g/mol. The van der Waals surface area contributed by atoms with Gasteiger partial charge in [-0.25, -0.2) is 4.11 Å². The molecule has 1 fully saturated rings. The van der Waals surface area contributed by atoms with E-state index in [2.05, 4.69) is 27.7 Å². The maximum absolute atomic E-state index is 9.10. The van der Waals surface area contributed by atoms with Crippen molar-refractivity contribution in [3.05, 3.63) is 7.35 Å². The molecule has 0 radical (unpaired) electrons. The Kier molecular flexibility index (Phi) is 38.3. The molecule has 0 aromatic heterocycles. The second kappa shape index (κ2) is 31.6. The molecule has 1 aliphatic heterocycles. The number of aliphatic hydroxyl groups is 2. The molecule has 248 valence electrons. The van der Waals surface area contributed by atoms with Crippen LogP contribution in [0.2, 0.25) is 20.4 Å². The first-order valence-corrected chi connectivity index (χ1v) is 13.0. The summed E-state index contributed by atoms with van der Waals surface area (Å²) in [6.07, 6.45) is 0.488. The van der Waals surface area contributed by atoms with Gasteiger partial charge in [0.25, 0.3) is 0 Å². The van der Waals surface area contributed by atoms with Crippen molar-refractivity contribution in [3.8, 4) is 0 Å². The molecule has 0 bridgehead atoms. The van der Waals surface area contributed by atoms with Gasteiger partial charge in [-0.3, -0.25) is 8.42 Å². The van der Waals surface area contributed by atoms with Crippen molar-refractivity contribution in [2.75, 3.05) is 0 Å². The summed E-state index contributed by atoms with van der Waals surface area (Å²) < 4.78 is 92.0. The molecule has 20 heteroatoms. The minimum atomic E-state index is -5.17. The van der Waals surface area contributed by atoms with Crippen molar-refractivity contribution >= 4 is 31.8 Å². The zero-order valence-corrected chi connectivity index (χ0v) is 33.7. The molecule has 43 heavy (non-hydrogen) atoms. The molecular formula is C23H60B3LiNa2O13S. The van der Waals surface area contributed by atoms with Gasteiger partial charge in [-0.15, -0.1) is 0 Å². The van der Waals surface area contributed by atoms with Gasteiger partial charge in [0, 0.05) is 26.7 Å². The van der Waals surface area contributed by atoms with Gasteiger partial charge in [-0.1, -0.05) is 7.43 Å². The van der Waals surface area contributed by atoms with E-state index in [1.807, 2.05) is 41.3 Å². The molecule has 0 atom stereocenters. The Morgan fingerprint density at radius 2 is 1.12 bits per heavy atom. The molecule has 0 aromatic carbocycles. The van der Waals surface area contributed by atoms with E-state index >= 15 is 0 Å². The van der Waals surface area contributed by atoms with Crippen LogP contribution in [0.25, 0.3) is 0 Å². The molecular weight excluding hydrogens is 602 g/mol. The predicted octanol–water partition coefficient (Wildman–Crippen LogP) is -6.78. The van der Waals surface area contributed by atoms with Gasteiger partial charge in [-0.05, 0) is 103 Å². The molecule has 0 saturated carbocycles. The van der Waals surface area contributed by atoms with E-state index in [1.54, 1.807) is 27.7 Å². The summed E-state index contributed by atoms with van der Waals surface area (Å²) in [5, 5.41) is 34.0. The summed E-state index contributed by atoms with van der Waals surface area (Å²) in [7, 11) is -8.35. The van der Waals surface area contributed by atoms with E-state index in [0.29, 0.717) is 0 Å². The first kappa shape index (κ1) is 52.1. The molecule has 0 aliphatic carbocycles. The van der Waals surface area contributed by atoms with Gasteiger partial charge >= 0.3 is 99.3 Å². The molecule has 0 aromatic rings. The van der Waals surface area contributed by atoms with Crippen molar-refractivity contribution in [1.29, 1.82) is 0 Å². The number of hydrogen-bond donors (Lipinski definition) is 4. The van der Waals surface area contributed by atoms with Gasteiger partial charge in [-0.2, -0.15) is 0 Å². The van der Waals surface area contributed by atoms with Crippen LogP contribution in [0.15, 0.2) is 0 Å². The fourth-order valence-corrected chi connectivity index (χ4v) is 1.94. The quantitative estimate of drug-likeness (QED) is 0.0928. The topological polar surface area (TPSA) is 230 Å². The van der Waals surface area contributed by atoms with Crippen LogP contribution in [0.4, 0.5) is 0 Å². The SMILES string of the molecule is C.CB(OC(C)C)OC(C)C.CB1OC(C)(C)C(C)(C)O1.CC(C)(O)C(C)(C)O.O.O=S(=O)([O-])[O-].[2H]C([2H])([2H])B(O)O.[2H][C-]([2H])[2H].[Li+].[Na+].[Na+]. The molecule has 1 heterocycles. The van der Waals surface area contributed by atoms with Gasteiger partial charge < -0.3 is 60.8 Å². The maximum Gasteiger partial charge on any atom is 1.00 e. The largest absolute Gasteiger partial charge is 1.00 e. The van der Waals surface area contributed by atoms with E-state index in [1.165, 1.54) is 0 Å². The van der Waals surface area contributed by atoms with Crippen LogP contribution in [0, 0.1) is 7.35 Å². The van der Waals surface area contributed by atoms with Gasteiger partial charge in [0.2, 0.25) is 0 Å². The Bertz CT molecular complexity index is 794. The fourth-order valence-electron chi connectivity index (χ4n) is 1.94. The molecule has 13 nitrogen and oxygen atoms in total. The molecule has 0 unspecified atom stereocenters. The minimum Gasteiger partial charge on any atom is -0.759 e. The second-order valence-electron chi connectivity index (χ2n) is 10.7. The summed E-state index contributed by atoms with van der Waals surface area (Å²) in [5.74, 6) is 0. The summed E-state index contributed by atoms with van der Waals surface area (Å²) in [4.78, 5) is 0. The third-order valence-corrected chi connectivity index (χ3v) is 4.80. The molecule has 0 amide bonds. The Balaban J connectivity index is -0.0000000467. The third-order valence-electron chi connectivity index (χ3n) is 4.80. The van der Waals surface area contributed by atoms with Crippen molar-refractivity contribution in [2.45, 2.75) is 146 Å². The van der Waals surface area contributed by atoms with Crippen molar-refractivity contribution in [1.82, 2.24) is 0 Å². The van der Waals surface area contributed by atoms with Gasteiger partial charge in [0.05, 0.1) is 22.4 Å². The second-order valence-corrected chi connectivity index (χ2v) is 11.5. The molecule has 1 rings (SSSR count). The zero-order valence-electron chi connectivity index (χ0n) is 34.8. The van der Waals surface area contributed by atoms with E-state index < -0.39 is 42.8 Å². The van der Waals surface area contributed by atoms with E-state index in [0.717, 1.165) is 0 Å². The summed E-state index contributed by atoms with van der Waals surface area (Å²) in [6.45, 7) is 23.7. The zero-order chi connectivity index (χ0) is 37.3. The Morgan fingerprint density at radius 3 is 1.19 bits per heavy atom. The Labute approximate surface area is 330 Å². The van der Waals surface area contributed by atoms with E-state index in [-0.39, 0.29) is 129 Å². The van der Waals surface area contributed by atoms with E-state index in [4.69, 9.17) is 64.6 Å². The van der Waals surface area contributed by atoms with Crippen LogP contribution >= 0.6 is 0 Å². The fraction of sp³-hybridized carbons (Fsp3) is 0.957. The van der Waals surface area contributed by atoms with Crippen molar-refractivity contribution in [2.24, 2.45) is 0 Å². The predicted molar refractivity (Wildman–Crippen MR) is 162 cm³/mol. The minimum absolute atomic E-state index is 0. The van der Waals surface area contributed by atoms with Gasteiger partial charge in [0.15, 0.2) is 0 Å². The standard InChI is InChI=1S/C7H15BO2.C7H17BO2.C6H14O2.CH5BO2.CH4.CH3.Li.2Na.H2O4S.H2O/c1-6(2)7(3,4)10-8(5)9-6;1-6(2)9-8(5)10-7(3)4;1-5(2,7)6(3,4)8;1-2(3)4;;;;;;1-5(2,3)4;/h1-5H3;6-7H,1-5H3;7-8H,1-4H3;3-4H,1H3;1H4;1H3;;;;(H2,1,2,3,4);1H2/q;;;;;-1;3*+1;;/p-2/i;;;1D3;;1D3;;;;;. The maximum atomic E-state index is 9.10. The first-order valence-electron chi connectivity index (χ1n) is 14.7. The number of rotatable bonds is 5. The normalized spacial score (nSPS) is 16.2. The van der Waals surface area contributed by atoms with Crippen molar-refractivity contribution in [3.63, 3.8) is 0 Å². The van der Waals surface area contributed by atoms with Crippen LogP contribution in [-0.2, 0) is 29.0 Å². The summed E-state index contributed by atoms with van der Waals surface area (Å²) in [5.41, 5.74) is -2.33. The number of hydrogen-bond acceptors (Lipinski definition) is 12. The van der Waals surface area contributed by atoms with Crippen LogP contribution in [0.3, 0.4) is 0 Å². The average Bonchev–Trinajstić information content (AvgIpc) is 2.81. The molecule has 0 spiro atoms. The van der Waals surface area contributed by atoms with E-state index in [9.17, 15) is 0 Å². The Hall–Kier alpha value is 2.30. The van der Waals surface area contributed by atoms with Crippen molar-refractivity contribution < 1.29 is 148 Å². The molecule has 1 aliphatic rings. The molecule has 6 N–H and O–H groups in total. The van der Waals surface area contributed by atoms with Crippen LogP contribution in [-0.4, -0.2) is 99.2 Å². The Morgan fingerprint density at radius 1 is 0.930 bits per heavy atom. The van der Waals surface area contributed by atoms with Gasteiger partial charge in [0.1, 0.15) is 0 Å². The first-order chi connectivity index (χ1) is 18.8. The van der Waals surface area contributed by atoms with Crippen LogP contribution in [0.1, 0.15) is 98.7 Å². The van der Waals surface area contributed by atoms with Crippen LogP contribution < -0.4 is 78.0 Å². The third kappa shape index (κ3) is 54.0.